The molecule has 0 aliphatic rings. The van der Waals surface area contributed by atoms with Crippen molar-refractivity contribution in [1.29, 1.82) is 0 Å². The largest absolute Gasteiger partial charge is 0.354 e. The summed E-state index contributed by atoms with van der Waals surface area (Å²) >= 11 is 6.21. The number of imidazole rings is 1. The van der Waals surface area contributed by atoms with E-state index in [1.165, 1.54) is 23.2 Å². The molecule has 0 radical (unpaired) electrons. The first-order valence-corrected chi connectivity index (χ1v) is 8.48. The number of nitrogens with one attached hydrogen (secondary N) is 1. The van der Waals surface area contributed by atoms with Crippen molar-refractivity contribution in [2.75, 3.05) is 11.9 Å². The smallest absolute Gasteiger partial charge is 0.224 e. The molecule has 3 aromatic heterocycles. The van der Waals surface area contributed by atoms with Crippen LogP contribution in [0.5, 0.6) is 0 Å². The summed E-state index contributed by atoms with van der Waals surface area (Å²) in [7, 11) is 0. The third-order valence-corrected chi connectivity index (χ3v) is 4.28. The van der Waals surface area contributed by atoms with Crippen LogP contribution in [0.25, 0.3) is 16.9 Å². The lowest BCUT2D eigenvalue weighted by Crippen LogP contribution is -2.10. The van der Waals surface area contributed by atoms with Crippen molar-refractivity contribution in [3.05, 3.63) is 71.4 Å². The van der Waals surface area contributed by atoms with Crippen molar-refractivity contribution >= 4 is 28.6 Å². The van der Waals surface area contributed by atoms with E-state index in [2.05, 4.69) is 25.3 Å². The zero-order valence-corrected chi connectivity index (χ0v) is 14.7. The fourth-order valence-corrected chi connectivity index (χ4v) is 2.86. The van der Waals surface area contributed by atoms with E-state index in [1.54, 1.807) is 12.4 Å². The summed E-state index contributed by atoms with van der Waals surface area (Å²) in [6.07, 6.45) is 7.03. The Hall–Kier alpha value is -3.13. The molecule has 27 heavy (non-hydrogen) atoms. The second-order valence-electron chi connectivity index (χ2n) is 5.74. The minimum Gasteiger partial charge on any atom is -0.354 e. The van der Waals surface area contributed by atoms with Gasteiger partial charge in [0.15, 0.2) is 17.5 Å². The molecule has 0 spiro atoms. The van der Waals surface area contributed by atoms with Crippen LogP contribution in [-0.2, 0) is 6.42 Å². The Morgan fingerprint density at radius 1 is 1.07 bits per heavy atom. The molecule has 3 heterocycles. The number of pyridine rings is 1. The SMILES string of the molecule is Fc1ccc2c(ncn2-c2nc(NCCc3ccncc3)ncc2Cl)c1F. The van der Waals surface area contributed by atoms with Gasteiger partial charge >= 0.3 is 0 Å². The fourth-order valence-electron chi connectivity index (χ4n) is 2.67. The number of hydrogen-bond acceptors (Lipinski definition) is 5. The summed E-state index contributed by atoms with van der Waals surface area (Å²) < 4.78 is 28.8. The third-order valence-electron chi connectivity index (χ3n) is 4.01. The predicted molar refractivity (Wildman–Crippen MR) is 98.0 cm³/mol. The highest BCUT2D eigenvalue weighted by Gasteiger charge is 2.16. The number of rotatable bonds is 5. The molecule has 0 saturated heterocycles. The lowest BCUT2D eigenvalue weighted by atomic mass is 10.2. The van der Waals surface area contributed by atoms with Crippen molar-refractivity contribution in [3.8, 4) is 5.82 Å². The standard InChI is InChI=1S/C18H13ClF2N6/c19-12-9-24-18(23-8-5-11-3-6-22-7-4-11)26-17(12)27-10-25-16-14(27)2-1-13(20)15(16)21/h1-4,6-7,9-10H,5,8H2,(H,23,24,26). The molecule has 4 rings (SSSR count). The number of aromatic nitrogens is 5. The second-order valence-corrected chi connectivity index (χ2v) is 6.15. The number of fused-ring (bicyclic) bond motifs is 1. The van der Waals surface area contributed by atoms with Gasteiger partial charge in [0.1, 0.15) is 16.9 Å². The highest BCUT2D eigenvalue weighted by molar-refractivity contribution is 6.32. The number of hydrogen-bond donors (Lipinski definition) is 1. The van der Waals surface area contributed by atoms with Crippen LogP contribution in [0.3, 0.4) is 0 Å². The molecule has 9 heteroatoms. The molecule has 0 aliphatic carbocycles. The van der Waals surface area contributed by atoms with Crippen LogP contribution < -0.4 is 5.32 Å². The van der Waals surface area contributed by atoms with Gasteiger partial charge < -0.3 is 5.32 Å². The summed E-state index contributed by atoms with van der Waals surface area (Å²) in [5, 5.41) is 3.38. The Bertz CT molecular complexity index is 1100. The lowest BCUT2D eigenvalue weighted by molar-refractivity contribution is 0.515. The van der Waals surface area contributed by atoms with Gasteiger partial charge in [-0.1, -0.05) is 11.6 Å². The van der Waals surface area contributed by atoms with Crippen molar-refractivity contribution in [2.45, 2.75) is 6.42 Å². The Morgan fingerprint density at radius 3 is 2.70 bits per heavy atom. The Kier molecular flexibility index (Phi) is 4.64. The molecule has 0 saturated carbocycles. The van der Waals surface area contributed by atoms with E-state index in [9.17, 15) is 8.78 Å². The maximum Gasteiger partial charge on any atom is 0.224 e. The van der Waals surface area contributed by atoms with Crippen molar-refractivity contribution < 1.29 is 8.78 Å². The maximum atomic E-state index is 13.9. The van der Waals surface area contributed by atoms with E-state index in [0.29, 0.717) is 23.8 Å². The van der Waals surface area contributed by atoms with E-state index in [-0.39, 0.29) is 10.5 Å². The molecule has 0 bridgehead atoms. The molecular weight excluding hydrogens is 374 g/mol. The van der Waals surface area contributed by atoms with Gasteiger partial charge in [0.2, 0.25) is 5.95 Å². The first-order valence-electron chi connectivity index (χ1n) is 8.10. The molecular formula is C18H13ClF2N6. The van der Waals surface area contributed by atoms with E-state index < -0.39 is 11.6 Å². The summed E-state index contributed by atoms with van der Waals surface area (Å²) in [6, 6.07) is 6.33. The van der Waals surface area contributed by atoms with Gasteiger partial charge in [0.05, 0.1) is 11.7 Å². The molecule has 6 nitrogen and oxygen atoms in total. The molecule has 0 aliphatic heterocycles. The normalized spacial score (nSPS) is 11.1. The van der Waals surface area contributed by atoms with Crippen molar-refractivity contribution in [3.63, 3.8) is 0 Å². The maximum absolute atomic E-state index is 13.9. The van der Waals surface area contributed by atoms with Crippen LogP contribution in [0, 0.1) is 11.6 Å². The molecule has 0 atom stereocenters. The van der Waals surface area contributed by atoms with Crippen molar-refractivity contribution in [2.24, 2.45) is 0 Å². The van der Waals surface area contributed by atoms with Crippen LogP contribution in [-0.4, -0.2) is 31.0 Å². The van der Waals surface area contributed by atoms with Crippen LogP contribution in [0.2, 0.25) is 5.02 Å². The van der Waals surface area contributed by atoms with Crippen LogP contribution in [0.4, 0.5) is 14.7 Å². The fraction of sp³-hybridized carbons (Fsp3) is 0.111. The molecule has 136 valence electrons. The van der Waals surface area contributed by atoms with E-state index in [1.807, 2.05) is 12.1 Å². The van der Waals surface area contributed by atoms with E-state index in [4.69, 9.17) is 11.6 Å². The topological polar surface area (TPSA) is 68.5 Å². The predicted octanol–water partition coefficient (Wildman–Crippen LogP) is 3.80. The summed E-state index contributed by atoms with van der Waals surface area (Å²) in [5.74, 6) is -1.27. The quantitative estimate of drug-likeness (QED) is 0.565. The minimum absolute atomic E-state index is 0.0862. The molecule has 1 aromatic carbocycles. The van der Waals surface area contributed by atoms with Gasteiger partial charge in [-0.25, -0.2) is 18.7 Å². The Labute approximate surface area is 157 Å². The van der Waals surface area contributed by atoms with Gasteiger partial charge in [-0.05, 0) is 36.2 Å². The third kappa shape index (κ3) is 3.43. The lowest BCUT2D eigenvalue weighted by Gasteiger charge is -2.09. The van der Waals surface area contributed by atoms with Crippen LogP contribution >= 0.6 is 11.6 Å². The monoisotopic (exact) mass is 386 g/mol. The highest BCUT2D eigenvalue weighted by atomic mass is 35.5. The van der Waals surface area contributed by atoms with Gasteiger partial charge in [0, 0.05) is 18.9 Å². The Morgan fingerprint density at radius 2 is 1.89 bits per heavy atom. The van der Waals surface area contributed by atoms with Gasteiger partial charge in [-0.2, -0.15) is 4.98 Å². The average molecular weight is 387 g/mol. The number of halogens is 3. The number of anilines is 1. The highest BCUT2D eigenvalue weighted by Crippen LogP contribution is 2.25. The zero-order valence-electron chi connectivity index (χ0n) is 13.9. The Balaban J connectivity index is 1.60. The molecule has 0 unspecified atom stereocenters. The van der Waals surface area contributed by atoms with Crippen molar-refractivity contribution in [1.82, 2.24) is 24.5 Å². The summed E-state index contributed by atoms with van der Waals surface area (Å²) in [6.45, 7) is 0.607. The summed E-state index contributed by atoms with van der Waals surface area (Å²) in [4.78, 5) is 16.5. The summed E-state index contributed by atoms with van der Waals surface area (Å²) in [5.41, 5.74) is 1.40. The molecule has 4 aromatic rings. The zero-order chi connectivity index (χ0) is 18.8. The second kappa shape index (κ2) is 7.24. The van der Waals surface area contributed by atoms with Gasteiger partial charge in [-0.15, -0.1) is 0 Å². The first kappa shape index (κ1) is 17.3. The average Bonchev–Trinajstić information content (AvgIpc) is 3.11. The van der Waals surface area contributed by atoms with Crippen LogP contribution in [0.1, 0.15) is 5.56 Å². The van der Waals surface area contributed by atoms with E-state index >= 15 is 0 Å². The first-order chi connectivity index (χ1) is 13.1. The minimum atomic E-state index is -1.01. The molecule has 1 N–H and O–H groups in total. The number of benzene rings is 1. The van der Waals surface area contributed by atoms with Crippen LogP contribution in [0.15, 0.2) is 49.2 Å². The van der Waals surface area contributed by atoms with E-state index in [0.717, 1.165) is 18.1 Å². The molecule has 0 fully saturated rings. The molecule has 0 amide bonds. The van der Waals surface area contributed by atoms with Gasteiger partial charge in [0.25, 0.3) is 0 Å². The van der Waals surface area contributed by atoms with Gasteiger partial charge in [-0.3, -0.25) is 9.55 Å². The number of nitrogens with zero attached hydrogens (tertiary/aromatic N) is 5.